The lowest BCUT2D eigenvalue weighted by Crippen LogP contribution is -2.28. The summed E-state index contributed by atoms with van der Waals surface area (Å²) in [5.41, 5.74) is 17.5. The summed E-state index contributed by atoms with van der Waals surface area (Å²) in [6.07, 6.45) is 0. The van der Waals surface area contributed by atoms with E-state index in [-0.39, 0.29) is 0 Å². The Bertz CT molecular complexity index is 2750. The molecule has 0 radical (unpaired) electrons. The van der Waals surface area contributed by atoms with Crippen molar-refractivity contribution in [3.05, 3.63) is 259 Å². The zero-order chi connectivity index (χ0) is 37.3. The molecule has 0 bridgehead atoms. The molecule has 0 unspecified atom stereocenters. The van der Waals surface area contributed by atoms with Crippen LogP contribution in [-0.4, -0.2) is 0 Å². The molecule has 0 fully saturated rings. The summed E-state index contributed by atoms with van der Waals surface area (Å²) in [5, 5.41) is 0. The Labute approximate surface area is 329 Å². The van der Waals surface area contributed by atoms with Crippen molar-refractivity contribution in [3.63, 3.8) is 0 Å². The van der Waals surface area contributed by atoms with Crippen molar-refractivity contribution in [3.8, 4) is 44.5 Å². The van der Waals surface area contributed by atoms with Crippen LogP contribution in [0.5, 0.6) is 0 Å². The van der Waals surface area contributed by atoms with Crippen molar-refractivity contribution in [2.75, 3.05) is 4.90 Å². The van der Waals surface area contributed by atoms with Crippen LogP contribution in [0, 0.1) is 0 Å². The second-order valence-electron chi connectivity index (χ2n) is 14.4. The highest BCUT2D eigenvalue weighted by molar-refractivity contribution is 5.96. The summed E-state index contributed by atoms with van der Waals surface area (Å²) in [4.78, 5) is 2.47. The number of nitrogens with zero attached hydrogens (tertiary/aromatic N) is 1. The number of benzene rings is 9. The largest absolute Gasteiger partial charge is 0.310 e. The summed E-state index contributed by atoms with van der Waals surface area (Å²) in [6, 6.07) is 86.2. The van der Waals surface area contributed by atoms with Gasteiger partial charge in [0.1, 0.15) is 0 Å². The fourth-order valence-corrected chi connectivity index (χ4v) is 8.94. The minimum absolute atomic E-state index is 0.512. The van der Waals surface area contributed by atoms with Crippen LogP contribution in [0.2, 0.25) is 0 Å². The maximum absolute atomic E-state index is 2.47. The summed E-state index contributed by atoms with van der Waals surface area (Å²) < 4.78 is 0. The number of fused-ring (bicyclic) bond motifs is 3. The molecule has 56 heavy (non-hydrogen) atoms. The van der Waals surface area contributed by atoms with Gasteiger partial charge in [-0.05, 0) is 91.5 Å². The number of hydrogen-bond acceptors (Lipinski definition) is 1. The molecule has 264 valence electrons. The van der Waals surface area contributed by atoms with Gasteiger partial charge in [-0.1, -0.05) is 206 Å². The maximum Gasteiger partial charge on any atom is 0.0714 e. The lowest BCUT2D eigenvalue weighted by atomic mass is 9.67. The normalized spacial score (nSPS) is 12.4. The molecule has 0 N–H and O–H groups in total. The van der Waals surface area contributed by atoms with Gasteiger partial charge < -0.3 is 4.90 Å². The molecule has 0 aliphatic heterocycles. The van der Waals surface area contributed by atoms with E-state index in [2.05, 4.69) is 241 Å². The highest BCUT2D eigenvalue weighted by Gasteiger charge is 2.46. The fraction of sp³-hybridized carbons (Fsp3) is 0.0182. The molecule has 0 aromatic heterocycles. The second kappa shape index (κ2) is 14.2. The SMILES string of the molecule is c1ccc(-c2cccc(N(c3ccc4c(c3)C(c3ccccc3)(c3ccccc3)c3ccccc3-4)c3ccccc3-c3ccccc3-c3ccccc3)c2)cc1. The number of anilines is 3. The van der Waals surface area contributed by atoms with E-state index in [4.69, 9.17) is 0 Å². The van der Waals surface area contributed by atoms with E-state index in [9.17, 15) is 0 Å². The number of hydrogen-bond donors (Lipinski definition) is 0. The molecule has 0 atom stereocenters. The molecule has 0 heterocycles. The van der Waals surface area contributed by atoms with Gasteiger partial charge in [-0.3, -0.25) is 0 Å². The van der Waals surface area contributed by atoms with Crippen LogP contribution in [0.3, 0.4) is 0 Å². The van der Waals surface area contributed by atoms with Gasteiger partial charge in [0.25, 0.3) is 0 Å². The lowest BCUT2D eigenvalue weighted by molar-refractivity contribution is 0.768. The van der Waals surface area contributed by atoms with Gasteiger partial charge in [0.2, 0.25) is 0 Å². The van der Waals surface area contributed by atoms with E-state index in [1.807, 2.05) is 0 Å². The third kappa shape index (κ3) is 5.56. The van der Waals surface area contributed by atoms with Gasteiger partial charge in [0.05, 0.1) is 11.1 Å². The van der Waals surface area contributed by atoms with E-state index in [1.165, 1.54) is 66.8 Å². The lowest BCUT2D eigenvalue weighted by Gasteiger charge is -2.35. The number of para-hydroxylation sites is 1. The number of rotatable bonds is 8. The Morgan fingerprint density at radius 3 is 1.43 bits per heavy atom. The summed E-state index contributed by atoms with van der Waals surface area (Å²) in [6.45, 7) is 0. The standard InChI is InChI=1S/C55H39N/c1-5-20-40(21-6-1)42-24-19-29-45(38-42)56(54-35-18-16-33-51(54)48-31-14-13-30-47(48)41-22-7-2-8-23-41)46-36-37-50-49-32-15-17-34-52(49)55(53(50)39-46,43-25-9-3-10-26-43)44-27-11-4-12-28-44/h1-39H. The van der Waals surface area contributed by atoms with Gasteiger partial charge in [0, 0.05) is 16.9 Å². The zero-order valence-corrected chi connectivity index (χ0v) is 31.0. The Hall–Kier alpha value is -7.22. The van der Waals surface area contributed by atoms with Gasteiger partial charge in [-0.15, -0.1) is 0 Å². The van der Waals surface area contributed by atoms with E-state index in [0.717, 1.165) is 17.1 Å². The molecule has 1 nitrogen and oxygen atoms in total. The predicted octanol–water partition coefficient (Wildman–Crippen LogP) is 14.5. The average molecular weight is 714 g/mol. The van der Waals surface area contributed by atoms with Crippen LogP contribution < -0.4 is 4.90 Å². The molecular formula is C55H39N. The van der Waals surface area contributed by atoms with E-state index < -0.39 is 5.41 Å². The molecule has 0 spiro atoms. The molecule has 9 aromatic rings. The van der Waals surface area contributed by atoms with Crippen LogP contribution in [0.4, 0.5) is 17.1 Å². The molecule has 1 aliphatic rings. The molecule has 1 heteroatoms. The first-order valence-electron chi connectivity index (χ1n) is 19.4. The minimum Gasteiger partial charge on any atom is -0.310 e. The fourth-order valence-electron chi connectivity index (χ4n) is 8.94. The van der Waals surface area contributed by atoms with Crippen molar-refractivity contribution in [2.45, 2.75) is 5.41 Å². The first-order chi connectivity index (χ1) is 27.8. The molecule has 0 amide bonds. The molecule has 0 saturated heterocycles. The smallest absolute Gasteiger partial charge is 0.0714 e. The highest BCUT2D eigenvalue weighted by atomic mass is 15.1. The summed E-state index contributed by atoms with van der Waals surface area (Å²) in [7, 11) is 0. The van der Waals surface area contributed by atoms with E-state index in [0.29, 0.717) is 0 Å². The third-order valence-electron chi connectivity index (χ3n) is 11.4. The van der Waals surface area contributed by atoms with Crippen molar-refractivity contribution < 1.29 is 0 Å². The van der Waals surface area contributed by atoms with Crippen LogP contribution in [0.15, 0.2) is 237 Å². The summed E-state index contributed by atoms with van der Waals surface area (Å²) in [5.74, 6) is 0. The van der Waals surface area contributed by atoms with Crippen LogP contribution >= 0.6 is 0 Å². The van der Waals surface area contributed by atoms with Gasteiger partial charge in [-0.25, -0.2) is 0 Å². The maximum atomic E-state index is 2.47. The topological polar surface area (TPSA) is 3.24 Å². The monoisotopic (exact) mass is 713 g/mol. The highest BCUT2D eigenvalue weighted by Crippen LogP contribution is 2.57. The molecule has 1 aliphatic carbocycles. The van der Waals surface area contributed by atoms with Gasteiger partial charge >= 0.3 is 0 Å². The van der Waals surface area contributed by atoms with E-state index in [1.54, 1.807) is 0 Å². The molecular weight excluding hydrogens is 675 g/mol. The van der Waals surface area contributed by atoms with Crippen LogP contribution in [-0.2, 0) is 5.41 Å². The van der Waals surface area contributed by atoms with Crippen LogP contribution in [0.1, 0.15) is 22.3 Å². The Balaban J connectivity index is 1.26. The Morgan fingerprint density at radius 2 is 0.750 bits per heavy atom. The first-order valence-corrected chi connectivity index (χ1v) is 19.4. The van der Waals surface area contributed by atoms with Gasteiger partial charge in [0.15, 0.2) is 0 Å². The summed E-state index contributed by atoms with van der Waals surface area (Å²) >= 11 is 0. The quantitative estimate of drug-likeness (QED) is 0.152. The van der Waals surface area contributed by atoms with Gasteiger partial charge in [-0.2, -0.15) is 0 Å². The van der Waals surface area contributed by atoms with Crippen molar-refractivity contribution in [1.82, 2.24) is 0 Å². The molecule has 0 saturated carbocycles. The molecule has 9 aromatic carbocycles. The third-order valence-corrected chi connectivity index (χ3v) is 11.4. The van der Waals surface area contributed by atoms with Crippen LogP contribution in [0.25, 0.3) is 44.5 Å². The Kier molecular flexibility index (Phi) is 8.46. The Morgan fingerprint density at radius 1 is 0.268 bits per heavy atom. The second-order valence-corrected chi connectivity index (χ2v) is 14.4. The van der Waals surface area contributed by atoms with Crippen molar-refractivity contribution in [1.29, 1.82) is 0 Å². The minimum atomic E-state index is -0.512. The zero-order valence-electron chi connectivity index (χ0n) is 31.0. The van der Waals surface area contributed by atoms with Crippen molar-refractivity contribution in [2.24, 2.45) is 0 Å². The first kappa shape index (κ1) is 33.4. The van der Waals surface area contributed by atoms with Crippen molar-refractivity contribution >= 4 is 17.1 Å². The average Bonchev–Trinajstić information content (AvgIpc) is 3.58. The van der Waals surface area contributed by atoms with E-state index >= 15 is 0 Å². The molecule has 10 rings (SSSR count). The predicted molar refractivity (Wildman–Crippen MR) is 235 cm³/mol.